The number of nitrogens with one attached hydrogen (secondary N) is 1. The van der Waals surface area contributed by atoms with Crippen molar-refractivity contribution >= 4 is 34.3 Å². The van der Waals surface area contributed by atoms with Gasteiger partial charge in [-0.15, -0.1) is 0 Å². The minimum Gasteiger partial charge on any atom is -0.493 e. The number of primary amides is 1. The summed E-state index contributed by atoms with van der Waals surface area (Å²) >= 11 is 0. The molecule has 5 rings (SSSR count). The molecular formula is C28H30N4O5. The number of ether oxygens (including phenoxy) is 2. The zero-order valence-corrected chi connectivity index (χ0v) is 21.3. The number of methoxy groups -OCH3 is 1. The van der Waals surface area contributed by atoms with Crippen molar-refractivity contribution in [3.8, 4) is 11.5 Å². The van der Waals surface area contributed by atoms with E-state index in [1.807, 2.05) is 24.3 Å². The highest BCUT2D eigenvalue weighted by molar-refractivity contribution is 6.11. The average molecular weight is 503 g/mol. The molecule has 9 heteroatoms. The predicted octanol–water partition coefficient (Wildman–Crippen LogP) is 3.37. The van der Waals surface area contributed by atoms with Gasteiger partial charge in [-0.3, -0.25) is 19.3 Å². The van der Waals surface area contributed by atoms with Gasteiger partial charge in [0.1, 0.15) is 0 Å². The number of aromatic nitrogens is 1. The monoisotopic (exact) mass is 502 g/mol. The molecule has 0 radical (unpaired) electrons. The average Bonchev–Trinajstić information content (AvgIpc) is 3.32. The van der Waals surface area contributed by atoms with Crippen molar-refractivity contribution in [2.75, 3.05) is 25.6 Å². The zero-order valence-electron chi connectivity index (χ0n) is 21.3. The van der Waals surface area contributed by atoms with E-state index >= 15 is 0 Å². The van der Waals surface area contributed by atoms with E-state index in [2.05, 4.69) is 36.0 Å². The SMILES string of the molecule is COc1cc(C2C3=C(CN(C(C)=O)C3=O)Nc3cccc4c3c2cn4CC(C)C)ccc1OCC(N)=O. The summed E-state index contributed by atoms with van der Waals surface area (Å²) in [6, 6.07) is 11.5. The van der Waals surface area contributed by atoms with Crippen LogP contribution in [0.4, 0.5) is 5.69 Å². The van der Waals surface area contributed by atoms with E-state index in [1.54, 1.807) is 6.07 Å². The molecule has 1 atom stereocenters. The van der Waals surface area contributed by atoms with Crippen LogP contribution in [0.1, 0.15) is 37.8 Å². The van der Waals surface area contributed by atoms with Crippen molar-refractivity contribution in [2.45, 2.75) is 33.2 Å². The number of hydrogen-bond donors (Lipinski definition) is 2. The highest BCUT2D eigenvalue weighted by Crippen LogP contribution is 2.47. The lowest BCUT2D eigenvalue weighted by atomic mass is 9.84. The van der Waals surface area contributed by atoms with Gasteiger partial charge >= 0.3 is 0 Å². The second-order valence-corrected chi connectivity index (χ2v) is 9.86. The van der Waals surface area contributed by atoms with Crippen LogP contribution in [0.15, 0.2) is 53.9 Å². The van der Waals surface area contributed by atoms with E-state index in [-0.39, 0.29) is 25.0 Å². The van der Waals surface area contributed by atoms with Crippen molar-refractivity contribution in [2.24, 2.45) is 11.7 Å². The molecule has 0 spiro atoms. The summed E-state index contributed by atoms with van der Waals surface area (Å²) in [4.78, 5) is 38.5. The van der Waals surface area contributed by atoms with Crippen molar-refractivity contribution in [3.05, 3.63) is 65.0 Å². The van der Waals surface area contributed by atoms with Gasteiger partial charge in [-0.1, -0.05) is 26.0 Å². The Kier molecular flexibility index (Phi) is 6.15. The quantitative estimate of drug-likeness (QED) is 0.512. The molecular weight excluding hydrogens is 472 g/mol. The Morgan fingerprint density at radius 2 is 1.97 bits per heavy atom. The number of nitrogens with zero attached hydrogens (tertiary/aromatic N) is 2. The number of nitrogens with two attached hydrogens (primary N) is 1. The van der Waals surface area contributed by atoms with E-state index in [1.165, 1.54) is 18.9 Å². The van der Waals surface area contributed by atoms with Crippen LogP contribution in [0.25, 0.3) is 10.9 Å². The molecule has 0 aliphatic carbocycles. The number of hydrogen-bond acceptors (Lipinski definition) is 6. The molecule has 2 aromatic carbocycles. The van der Waals surface area contributed by atoms with Gasteiger partial charge in [-0.05, 0) is 41.3 Å². The fraction of sp³-hybridized carbons (Fsp3) is 0.321. The molecule has 0 bridgehead atoms. The first-order valence-electron chi connectivity index (χ1n) is 12.2. The van der Waals surface area contributed by atoms with Crippen molar-refractivity contribution in [1.29, 1.82) is 0 Å². The second kappa shape index (κ2) is 9.31. The van der Waals surface area contributed by atoms with E-state index in [0.717, 1.165) is 34.3 Å². The fourth-order valence-corrected chi connectivity index (χ4v) is 5.30. The number of imide groups is 1. The molecule has 2 aliphatic heterocycles. The predicted molar refractivity (Wildman–Crippen MR) is 139 cm³/mol. The van der Waals surface area contributed by atoms with Crippen LogP contribution in [0.2, 0.25) is 0 Å². The molecule has 37 heavy (non-hydrogen) atoms. The van der Waals surface area contributed by atoms with Gasteiger partial charge in [-0.2, -0.15) is 0 Å². The Balaban J connectivity index is 1.73. The summed E-state index contributed by atoms with van der Waals surface area (Å²) < 4.78 is 13.3. The lowest BCUT2D eigenvalue weighted by Crippen LogP contribution is -2.33. The summed E-state index contributed by atoms with van der Waals surface area (Å²) in [5.41, 5.74) is 10.2. The zero-order chi connectivity index (χ0) is 26.4. The Labute approximate surface area is 214 Å². The van der Waals surface area contributed by atoms with Crippen LogP contribution in [-0.4, -0.2) is 47.4 Å². The maximum absolute atomic E-state index is 13.7. The Bertz CT molecular complexity index is 1470. The number of carbonyl (C=O) groups is 3. The van der Waals surface area contributed by atoms with Crippen LogP contribution in [0, 0.1) is 5.92 Å². The summed E-state index contributed by atoms with van der Waals surface area (Å²) in [7, 11) is 1.51. The topological polar surface area (TPSA) is 116 Å². The smallest absolute Gasteiger partial charge is 0.259 e. The third-order valence-corrected chi connectivity index (χ3v) is 6.77. The normalized spacial score (nSPS) is 16.6. The van der Waals surface area contributed by atoms with Gasteiger partial charge in [0, 0.05) is 42.4 Å². The van der Waals surface area contributed by atoms with Crippen LogP contribution < -0.4 is 20.5 Å². The van der Waals surface area contributed by atoms with E-state index in [4.69, 9.17) is 15.2 Å². The fourth-order valence-electron chi connectivity index (χ4n) is 5.30. The van der Waals surface area contributed by atoms with Gasteiger partial charge in [0.25, 0.3) is 11.8 Å². The number of anilines is 1. The first-order valence-corrected chi connectivity index (χ1v) is 12.2. The largest absolute Gasteiger partial charge is 0.493 e. The van der Waals surface area contributed by atoms with E-state index in [9.17, 15) is 14.4 Å². The van der Waals surface area contributed by atoms with Crippen LogP contribution >= 0.6 is 0 Å². The molecule has 0 saturated carbocycles. The number of rotatable bonds is 7. The highest BCUT2D eigenvalue weighted by atomic mass is 16.5. The molecule has 0 fully saturated rings. The Morgan fingerprint density at radius 3 is 2.65 bits per heavy atom. The van der Waals surface area contributed by atoms with Gasteiger partial charge in [0.15, 0.2) is 18.1 Å². The van der Waals surface area contributed by atoms with Gasteiger partial charge in [-0.25, -0.2) is 0 Å². The molecule has 192 valence electrons. The second-order valence-electron chi connectivity index (χ2n) is 9.86. The van der Waals surface area contributed by atoms with Gasteiger partial charge < -0.3 is 25.1 Å². The summed E-state index contributed by atoms with van der Waals surface area (Å²) in [6.07, 6.45) is 2.12. The van der Waals surface area contributed by atoms with Crippen LogP contribution in [-0.2, 0) is 20.9 Å². The summed E-state index contributed by atoms with van der Waals surface area (Å²) in [5.74, 6) is -0.470. The van der Waals surface area contributed by atoms with Crippen LogP contribution in [0.3, 0.4) is 0 Å². The summed E-state index contributed by atoms with van der Waals surface area (Å²) in [5, 5.41) is 4.52. The van der Waals surface area contributed by atoms with Gasteiger partial charge in [0.2, 0.25) is 5.91 Å². The number of carbonyl (C=O) groups excluding carboxylic acids is 3. The molecule has 3 amide bonds. The van der Waals surface area contributed by atoms with E-state index < -0.39 is 11.8 Å². The van der Waals surface area contributed by atoms with Crippen molar-refractivity contribution in [3.63, 3.8) is 0 Å². The van der Waals surface area contributed by atoms with Crippen LogP contribution in [0.5, 0.6) is 11.5 Å². The minimum absolute atomic E-state index is 0.184. The highest BCUT2D eigenvalue weighted by Gasteiger charge is 2.41. The molecule has 3 aromatic rings. The first-order chi connectivity index (χ1) is 17.7. The lowest BCUT2D eigenvalue weighted by molar-refractivity contribution is -0.139. The molecule has 9 nitrogen and oxygen atoms in total. The Morgan fingerprint density at radius 1 is 1.19 bits per heavy atom. The number of amides is 3. The van der Waals surface area contributed by atoms with Crippen molar-refractivity contribution < 1.29 is 23.9 Å². The van der Waals surface area contributed by atoms with Gasteiger partial charge in [0.05, 0.1) is 24.7 Å². The standard InChI is InChI=1S/C28H30N4O5/c1-15(2)11-31-12-18-25(17-8-9-22(23(10-17)36-4)37-14-24(29)34)27-20(13-32(16(3)33)28(27)35)30-19-6-5-7-21(31)26(18)19/h5-10,12,15,25,30H,11,13-14H2,1-4H3,(H2,29,34). The molecule has 0 saturated heterocycles. The van der Waals surface area contributed by atoms with Crippen molar-refractivity contribution in [1.82, 2.24) is 9.47 Å². The molecule has 1 aromatic heterocycles. The third kappa shape index (κ3) is 4.20. The minimum atomic E-state index is -0.595. The van der Waals surface area contributed by atoms with E-state index in [0.29, 0.717) is 28.7 Å². The molecule has 1 unspecified atom stereocenters. The maximum Gasteiger partial charge on any atom is 0.259 e. The summed E-state index contributed by atoms with van der Waals surface area (Å²) in [6.45, 7) is 6.45. The third-order valence-electron chi connectivity index (χ3n) is 6.77. The molecule has 2 aliphatic rings. The maximum atomic E-state index is 13.7. The Hall–Kier alpha value is -4.27. The lowest BCUT2D eigenvalue weighted by Gasteiger charge is -2.21. The number of benzene rings is 2. The molecule has 3 heterocycles. The molecule has 3 N–H and O–H groups in total. The first kappa shape index (κ1) is 24.4.